The molecule has 1 atom stereocenters. The molecule has 0 bridgehead atoms. The molecule has 76 valence electrons. The van der Waals surface area contributed by atoms with E-state index in [1.807, 2.05) is 0 Å². The summed E-state index contributed by atoms with van der Waals surface area (Å²) < 4.78 is 4.78. The van der Waals surface area contributed by atoms with Crippen molar-refractivity contribution in [1.29, 1.82) is 0 Å². The Kier molecular flexibility index (Phi) is 21.5. The van der Waals surface area contributed by atoms with E-state index >= 15 is 0 Å². The third-order valence-electron chi connectivity index (χ3n) is 1.29. The van der Waals surface area contributed by atoms with Crippen molar-refractivity contribution < 1.29 is 24.5 Å². The third kappa shape index (κ3) is 10.9. The van der Waals surface area contributed by atoms with E-state index in [0.717, 1.165) is 0 Å². The van der Waals surface area contributed by atoms with Crippen LogP contribution in [0.25, 0.3) is 0 Å². The van der Waals surface area contributed by atoms with Crippen LogP contribution in [-0.2, 0) is 14.3 Å². The molecule has 0 rings (SSSR count). The summed E-state index contributed by atoms with van der Waals surface area (Å²) in [6.07, 6.45) is -0.707. The van der Waals surface area contributed by atoms with Gasteiger partial charge in [0.2, 0.25) is 0 Å². The maximum atomic E-state index is 10.5. The van der Waals surface area contributed by atoms with Gasteiger partial charge >= 0.3 is 94.6 Å². The number of carboxylic acids is 1. The Morgan fingerprint density at radius 3 is 2.00 bits per heavy atom. The fraction of sp³-hybridized carbons (Fsp3) is 0.714. The summed E-state index contributed by atoms with van der Waals surface area (Å²) >= 11 is 0. The molecule has 0 radical (unpaired) electrons. The summed E-state index contributed by atoms with van der Waals surface area (Å²) in [5.74, 6) is -1.18. The minimum atomic E-state index is -1.45. The number of aldehydes is 1. The van der Waals surface area contributed by atoms with Crippen LogP contribution in [0.5, 0.6) is 0 Å². The van der Waals surface area contributed by atoms with Crippen molar-refractivity contribution in [2.24, 2.45) is 0 Å². The van der Waals surface area contributed by atoms with Crippen molar-refractivity contribution in [2.75, 3.05) is 6.61 Å². The van der Waals surface area contributed by atoms with Crippen LogP contribution in [0, 0.1) is 0 Å². The Bertz CT molecular complexity index is 185. The van der Waals surface area contributed by atoms with Crippen molar-refractivity contribution in [3.8, 4) is 0 Å². The van der Waals surface area contributed by atoms with Crippen LogP contribution in [0.2, 0.25) is 0 Å². The first-order valence-corrected chi connectivity index (χ1v) is 3.41. The molecule has 0 aromatic carbocycles. The second kappa shape index (κ2) is 12.5. The topological polar surface area (TPSA) is 83.8 Å². The quantitative estimate of drug-likeness (QED) is 0.414. The number of carbonyl (C=O) groups excluding carboxylic acids is 1. The molecule has 0 fully saturated rings. The van der Waals surface area contributed by atoms with Crippen molar-refractivity contribution in [2.45, 2.75) is 25.6 Å². The van der Waals surface area contributed by atoms with Crippen molar-refractivity contribution >= 4 is 101 Å². The van der Waals surface area contributed by atoms with Gasteiger partial charge in [-0.2, -0.15) is 0 Å². The fourth-order valence-corrected chi connectivity index (χ4v) is 0.537. The monoisotopic (exact) mass is 248 g/mol. The zero-order valence-corrected chi connectivity index (χ0v) is 6.98. The molecule has 0 spiro atoms. The first kappa shape index (κ1) is 25.8. The number of carboxylic acid groups (broad SMARTS) is 1. The maximum absolute atomic E-state index is 10.5. The van der Waals surface area contributed by atoms with Crippen LogP contribution in [0.3, 0.4) is 0 Å². The Morgan fingerprint density at radius 1 is 1.40 bits per heavy atom. The standard InChI is InChI=1S/C7H12O5.3Na.3H/c1-7(2,6(10)11)12-5(3-8)4-9;;;;;;/h3,5,9H,4H2,1-2H3,(H,10,11);;;;;;. The summed E-state index contributed by atoms with van der Waals surface area (Å²) in [6, 6.07) is 0. The van der Waals surface area contributed by atoms with Crippen LogP contribution in [0.15, 0.2) is 0 Å². The van der Waals surface area contributed by atoms with E-state index in [9.17, 15) is 9.59 Å². The molecule has 5 nitrogen and oxygen atoms in total. The molecule has 0 aromatic heterocycles. The van der Waals surface area contributed by atoms with Gasteiger partial charge in [-0.15, -0.1) is 0 Å². The van der Waals surface area contributed by atoms with Gasteiger partial charge in [-0.05, 0) is 13.8 Å². The Balaban J connectivity index is -0.000000202. The predicted octanol–water partition coefficient (Wildman–Crippen LogP) is -2.52. The second-order valence-electron chi connectivity index (χ2n) is 2.79. The molecule has 2 N–H and O–H groups in total. The van der Waals surface area contributed by atoms with Crippen LogP contribution in [-0.4, -0.2) is 129 Å². The van der Waals surface area contributed by atoms with E-state index in [1.165, 1.54) is 13.8 Å². The van der Waals surface area contributed by atoms with Gasteiger partial charge in [-0.25, -0.2) is 4.79 Å². The van der Waals surface area contributed by atoms with Crippen molar-refractivity contribution in [3.05, 3.63) is 0 Å². The summed E-state index contributed by atoms with van der Waals surface area (Å²) in [5.41, 5.74) is -1.45. The van der Waals surface area contributed by atoms with Crippen molar-refractivity contribution in [1.82, 2.24) is 0 Å². The molecular formula is C7H15Na3O5. The summed E-state index contributed by atoms with van der Waals surface area (Å²) in [5, 5.41) is 17.1. The molecule has 0 saturated carbocycles. The first-order valence-electron chi connectivity index (χ1n) is 3.41. The molecule has 0 aromatic rings. The molecule has 8 heteroatoms. The summed E-state index contributed by atoms with van der Waals surface area (Å²) in [4.78, 5) is 20.6. The normalized spacial score (nSPS) is 11.1. The van der Waals surface area contributed by atoms with E-state index < -0.39 is 24.3 Å². The summed E-state index contributed by atoms with van der Waals surface area (Å²) in [6.45, 7) is 2.10. The predicted molar refractivity (Wildman–Crippen MR) is 61.2 cm³/mol. The molecule has 0 aliphatic carbocycles. The Morgan fingerprint density at radius 2 is 1.80 bits per heavy atom. The third-order valence-corrected chi connectivity index (χ3v) is 1.29. The molecule has 15 heavy (non-hydrogen) atoms. The second-order valence-corrected chi connectivity index (χ2v) is 2.79. The number of ether oxygens (including phenoxy) is 1. The van der Waals surface area contributed by atoms with Crippen LogP contribution >= 0.6 is 0 Å². The van der Waals surface area contributed by atoms with E-state index in [0.29, 0.717) is 6.29 Å². The molecule has 0 heterocycles. The van der Waals surface area contributed by atoms with Crippen LogP contribution < -0.4 is 0 Å². The van der Waals surface area contributed by atoms with Gasteiger partial charge in [0.05, 0.1) is 6.61 Å². The van der Waals surface area contributed by atoms with Gasteiger partial charge in [0.25, 0.3) is 0 Å². The Labute approximate surface area is 155 Å². The zero-order valence-electron chi connectivity index (χ0n) is 6.98. The van der Waals surface area contributed by atoms with Crippen LogP contribution in [0.1, 0.15) is 13.8 Å². The number of aliphatic hydroxyl groups is 1. The number of hydrogen-bond donors (Lipinski definition) is 2. The van der Waals surface area contributed by atoms with E-state index in [4.69, 9.17) is 14.9 Å². The first-order chi connectivity index (χ1) is 5.44. The van der Waals surface area contributed by atoms with Crippen molar-refractivity contribution in [3.63, 3.8) is 0 Å². The van der Waals surface area contributed by atoms with Crippen LogP contribution in [0.4, 0.5) is 0 Å². The average molecular weight is 248 g/mol. The fourth-order valence-electron chi connectivity index (χ4n) is 0.537. The van der Waals surface area contributed by atoms with Gasteiger partial charge in [-0.3, -0.25) is 0 Å². The van der Waals surface area contributed by atoms with E-state index in [-0.39, 0.29) is 88.7 Å². The van der Waals surface area contributed by atoms with Gasteiger partial charge < -0.3 is 19.7 Å². The van der Waals surface area contributed by atoms with Gasteiger partial charge in [0, 0.05) is 0 Å². The van der Waals surface area contributed by atoms with E-state index in [1.54, 1.807) is 0 Å². The number of carbonyl (C=O) groups is 2. The minimum absolute atomic E-state index is 0. The molecule has 0 aliphatic rings. The number of aliphatic hydroxyl groups excluding tert-OH is 1. The SMILES string of the molecule is CC(C)(OC(C=O)CO)C(=O)O.[NaH].[NaH].[NaH]. The molecule has 0 amide bonds. The molecular weight excluding hydrogens is 233 g/mol. The van der Waals surface area contributed by atoms with E-state index in [2.05, 4.69) is 0 Å². The number of rotatable bonds is 5. The molecule has 0 aliphatic heterocycles. The summed E-state index contributed by atoms with van der Waals surface area (Å²) in [7, 11) is 0. The molecule has 1 unspecified atom stereocenters. The zero-order chi connectivity index (χ0) is 9.78. The van der Waals surface area contributed by atoms with Gasteiger partial charge in [0.15, 0.2) is 11.9 Å². The average Bonchev–Trinajstić information content (AvgIpc) is 2.00. The Hall–Kier alpha value is 2.06. The van der Waals surface area contributed by atoms with Gasteiger partial charge in [0.1, 0.15) is 6.10 Å². The number of aliphatic carboxylic acids is 1. The molecule has 0 saturated heterocycles. The number of hydrogen-bond acceptors (Lipinski definition) is 4. The van der Waals surface area contributed by atoms with Gasteiger partial charge in [-0.1, -0.05) is 0 Å².